The van der Waals surface area contributed by atoms with Gasteiger partial charge in [0.2, 0.25) is 0 Å². The first-order valence-corrected chi connectivity index (χ1v) is 9.01. The minimum absolute atomic E-state index is 0.325. The number of thioether (sulfide) groups is 1. The number of rotatable bonds is 6. The zero-order valence-corrected chi connectivity index (χ0v) is 16.3. The number of amides is 1. The van der Waals surface area contributed by atoms with E-state index in [2.05, 4.69) is 5.32 Å². The second-order valence-electron chi connectivity index (χ2n) is 5.13. The highest BCUT2D eigenvalue weighted by molar-refractivity contribution is 7.98. The van der Waals surface area contributed by atoms with E-state index in [4.69, 9.17) is 25.8 Å². The second-order valence-corrected chi connectivity index (χ2v) is 6.39. The summed E-state index contributed by atoms with van der Waals surface area (Å²) in [5.74, 6) is 1.01. The molecule has 1 N–H and O–H groups in total. The van der Waals surface area contributed by atoms with Crippen LogP contribution in [0.5, 0.6) is 17.2 Å². The Labute approximate surface area is 156 Å². The lowest BCUT2D eigenvalue weighted by Gasteiger charge is -2.17. The molecular weight excluding hydrogens is 362 g/mol. The minimum atomic E-state index is -0.357. The highest BCUT2D eigenvalue weighted by atomic mass is 35.5. The van der Waals surface area contributed by atoms with Crippen molar-refractivity contribution in [3.63, 3.8) is 0 Å². The fourth-order valence-electron chi connectivity index (χ4n) is 2.41. The highest BCUT2D eigenvalue weighted by Crippen LogP contribution is 2.38. The summed E-state index contributed by atoms with van der Waals surface area (Å²) >= 11 is 7.60. The largest absolute Gasteiger partial charge is 0.496 e. The molecule has 134 valence electrons. The normalized spacial score (nSPS) is 10.3. The van der Waals surface area contributed by atoms with Gasteiger partial charge in [-0.1, -0.05) is 11.6 Å². The molecule has 0 aliphatic rings. The maximum absolute atomic E-state index is 12.9. The van der Waals surface area contributed by atoms with E-state index in [1.165, 1.54) is 33.1 Å². The summed E-state index contributed by atoms with van der Waals surface area (Å²) in [6.45, 7) is 1.85. The molecule has 0 aliphatic heterocycles. The molecule has 5 nitrogen and oxygen atoms in total. The SMILES string of the molecule is COc1cc(Cl)c(C)cc1NC(=O)c1c(OC)ccc(SC)c1OC. The fourth-order valence-corrected chi connectivity index (χ4v) is 3.14. The van der Waals surface area contributed by atoms with Gasteiger partial charge in [-0.15, -0.1) is 11.8 Å². The summed E-state index contributed by atoms with van der Waals surface area (Å²) in [7, 11) is 4.56. The van der Waals surface area contributed by atoms with E-state index in [1.54, 1.807) is 18.2 Å². The number of anilines is 1. The van der Waals surface area contributed by atoms with Crippen molar-refractivity contribution in [1.29, 1.82) is 0 Å². The Balaban J connectivity index is 2.50. The van der Waals surface area contributed by atoms with Gasteiger partial charge in [0.05, 0.1) is 31.9 Å². The van der Waals surface area contributed by atoms with E-state index in [1.807, 2.05) is 19.2 Å². The van der Waals surface area contributed by atoms with Crippen LogP contribution in [0.2, 0.25) is 5.02 Å². The maximum atomic E-state index is 12.9. The standard InChI is InChI=1S/C18H20ClNO4S/c1-10-8-12(14(23-3)9-11(10)19)20-18(21)16-13(22-2)6-7-15(25-5)17(16)24-4/h6-9H,1-5H3,(H,20,21). The number of carbonyl (C=O) groups is 1. The molecule has 2 aromatic carbocycles. The second kappa shape index (κ2) is 8.36. The van der Waals surface area contributed by atoms with Gasteiger partial charge < -0.3 is 19.5 Å². The van der Waals surface area contributed by atoms with Crippen molar-refractivity contribution in [2.75, 3.05) is 32.9 Å². The molecule has 2 aromatic rings. The molecule has 0 aliphatic carbocycles. The summed E-state index contributed by atoms with van der Waals surface area (Å²) in [5.41, 5.74) is 1.68. The monoisotopic (exact) mass is 381 g/mol. The number of methoxy groups -OCH3 is 3. The molecule has 0 spiro atoms. The van der Waals surface area contributed by atoms with E-state index in [0.717, 1.165) is 10.5 Å². The molecule has 0 heterocycles. The van der Waals surface area contributed by atoms with Crippen molar-refractivity contribution in [3.05, 3.63) is 40.4 Å². The van der Waals surface area contributed by atoms with Crippen LogP contribution < -0.4 is 19.5 Å². The number of benzene rings is 2. The first-order chi connectivity index (χ1) is 12.0. The van der Waals surface area contributed by atoms with Gasteiger partial charge in [-0.05, 0) is 36.9 Å². The van der Waals surface area contributed by atoms with Crippen LogP contribution >= 0.6 is 23.4 Å². The Morgan fingerprint density at radius 2 is 1.76 bits per heavy atom. The first-order valence-electron chi connectivity index (χ1n) is 7.41. The Morgan fingerprint density at radius 1 is 1.08 bits per heavy atom. The number of carbonyl (C=O) groups excluding carboxylic acids is 1. The molecule has 0 atom stereocenters. The van der Waals surface area contributed by atoms with Gasteiger partial charge in [0.25, 0.3) is 5.91 Å². The average Bonchev–Trinajstić information content (AvgIpc) is 2.62. The third kappa shape index (κ3) is 3.96. The summed E-state index contributed by atoms with van der Waals surface area (Å²) in [4.78, 5) is 13.8. The van der Waals surface area contributed by atoms with Crippen LogP contribution in [0.3, 0.4) is 0 Å². The van der Waals surface area contributed by atoms with E-state index in [0.29, 0.717) is 33.5 Å². The molecule has 1 amide bonds. The van der Waals surface area contributed by atoms with Crippen molar-refractivity contribution in [2.24, 2.45) is 0 Å². The highest BCUT2D eigenvalue weighted by Gasteiger charge is 2.23. The molecule has 0 aromatic heterocycles. The first kappa shape index (κ1) is 19.3. The predicted molar refractivity (Wildman–Crippen MR) is 102 cm³/mol. The Morgan fingerprint density at radius 3 is 2.32 bits per heavy atom. The molecule has 25 heavy (non-hydrogen) atoms. The zero-order chi connectivity index (χ0) is 18.6. The molecule has 0 saturated carbocycles. The van der Waals surface area contributed by atoms with Crippen LogP contribution in [0.4, 0.5) is 5.69 Å². The van der Waals surface area contributed by atoms with Crippen LogP contribution in [-0.4, -0.2) is 33.5 Å². The molecule has 7 heteroatoms. The quantitative estimate of drug-likeness (QED) is 0.738. The molecule has 0 saturated heterocycles. The number of hydrogen-bond donors (Lipinski definition) is 1. The van der Waals surface area contributed by atoms with Crippen molar-refractivity contribution in [3.8, 4) is 17.2 Å². The third-order valence-corrected chi connectivity index (χ3v) is 4.85. The topological polar surface area (TPSA) is 56.8 Å². The number of halogens is 1. The van der Waals surface area contributed by atoms with Crippen LogP contribution in [0.25, 0.3) is 0 Å². The van der Waals surface area contributed by atoms with E-state index in [-0.39, 0.29) is 5.91 Å². The van der Waals surface area contributed by atoms with Gasteiger partial charge in [0, 0.05) is 11.1 Å². The summed E-state index contributed by atoms with van der Waals surface area (Å²) in [5, 5.41) is 3.42. The van der Waals surface area contributed by atoms with E-state index >= 15 is 0 Å². The molecule has 2 rings (SSSR count). The average molecular weight is 382 g/mol. The smallest absolute Gasteiger partial charge is 0.263 e. The van der Waals surface area contributed by atoms with Crippen LogP contribution in [0.1, 0.15) is 15.9 Å². The van der Waals surface area contributed by atoms with Crippen molar-refractivity contribution < 1.29 is 19.0 Å². The third-order valence-electron chi connectivity index (χ3n) is 3.68. The van der Waals surface area contributed by atoms with Gasteiger partial charge in [-0.25, -0.2) is 0 Å². The Hall–Kier alpha value is -2.05. The van der Waals surface area contributed by atoms with Gasteiger partial charge in [0.1, 0.15) is 22.8 Å². The predicted octanol–water partition coefficient (Wildman–Crippen LogP) is 4.65. The van der Waals surface area contributed by atoms with Crippen LogP contribution in [0.15, 0.2) is 29.2 Å². The Bertz CT molecular complexity index is 795. The van der Waals surface area contributed by atoms with Crippen LogP contribution in [-0.2, 0) is 0 Å². The summed E-state index contributed by atoms with van der Waals surface area (Å²) < 4.78 is 16.1. The number of hydrogen-bond acceptors (Lipinski definition) is 5. The lowest BCUT2D eigenvalue weighted by atomic mass is 10.1. The molecule has 0 unspecified atom stereocenters. The zero-order valence-electron chi connectivity index (χ0n) is 14.7. The van der Waals surface area contributed by atoms with Crippen molar-refractivity contribution in [1.82, 2.24) is 0 Å². The maximum Gasteiger partial charge on any atom is 0.263 e. The number of nitrogens with one attached hydrogen (secondary N) is 1. The molecule has 0 fully saturated rings. The van der Waals surface area contributed by atoms with E-state index < -0.39 is 0 Å². The lowest BCUT2D eigenvalue weighted by Crippen LogP contribution is -2.16. The van der Waals surface area contributed by atoms with Gasteiger partial charge >= 0.3 is 0 Å². The fraction of sp³-hybridized carbons (Fsp3) is 0.278. The van der Waals surface area contributed by atoms with Gasteiger partial charge in [-0.2, -0.15) is 0 Å². The van der Waals surface area contributed by atoms with Crippen LogP contribution in [0, 0.1) is 6.92 Å². The van der Waals surface area contributed by atoms with Crippen molar-refractivity contribution >= 4 is 35.0 Å². The molecule has 0 bridgehead atoms. The summed E-state index contributed by atoms with van der Waals surface area (Å²) in [6, 6.07) is 7.02. The number of ether oxygens (including phenoxy) is 3. The van der Waals surface area contributed by atoms with Gasteiger partial charge in [0.15, 0.2) is 0 Å². The lowest BCUT2D eigenvalue weighted by molar-refractivity contribution is 0.102. The number of aryl methyl sites for hydroxylation is 1. The minimum Gasteiger partial charge on any atom is -0.496 e. The van der Waals surface area contributed by atoms with E-state index in [9.17, 15) is 4.79 Å². The molecule has 0 radical (unpaired) electrons. The molecular formula is C18H20ClNO4S. The van der Waals surface area contributed by atoms with Crippen molar-refractivity contribution in [2.45, 2.75) is 11.8 Å². The summed E-state index contributed by atoms with van der Waals surface area (Å²) in [6.07, 6.45) is 1.91. The van der Waals surface area contributed by atoms with Gasteiger partial charge in [-0.3, -0.25) is 4.79 Å². The Kier molecular flexibility index (Phi) is 6.45.